The minimum atomic E-state index is -4.60. The second-order valence-corrected chi connectivity index (χ2v) is 2.55. The van der Waals surface area contributed by atoms with Crippen LogP contribution in [0.2, 0.25) is 0 Å². The molecule has 68 valence electrons. The molecule has 0 saturated heterocycles. The molecule has 0 radical (unpaired) electrons. The van der Waals surface area contributed by atoms with E-state index in [1.807, 2.05) is 0 Å². The van der Waals surface area contributed by atoms with Gasteiger partial charge in [0.25, 0.3) is 0 Å². The highest BCUT2D eigenvalue weighted by molar-refractivity contribution is 5.29. The van der Waals surface area contributed by atoms with Crippen molar-refractivity contribution in [3.63, 3.8) is 0 Å². The van der Waals surface area contributed by atoms with Gasteiger partial charge >= 0.3 is 6.18 Å². The van der Waals surface area contributed by atoms with Crippen LogP contribution in [-0.4, -0.2) is 12.2 Å². The van der Waals surface area contributed by atoms with Crippen molar-refractivity contribution < 1.29 is 17.6 Å². The molecule has 0 heterocycles. The lowest BCUT2D eigenvalue weighted by Crippen LogP contribution is -2.26. The SMILES string of the molecule is NC1C=CC(F)=C(C(F)(F)F)C1. The molecule has 1 aliphatic rings. The van der Waals surface area contributed by atoms with Crippen molar-refractivity contribution in [3.05, 3.63) is 23.6 Å². The van der Waals surface area contributed by atoms with Crippen LogP contribution < -0.4 is 5.73 Å². The molecule has 0 aromatic rings. The summed E-state index contributed by atoms with van der Waals surface area (Å²) < 4.78 is 48.5. The van der Waals surface area contributed by atoms with Crippen LogP contribution in [0.4, 0.5) is 17.6 Å². The number of nitrogens with two attached hydrogens (primary N) is 1. The molecular formula is C7H7F4N. The second kappa shape index (κ2) is 2.90. The van der Waals surface area contributed by atoms with Crippen molar-refractivity contribution in [1.29, 1.82) is 0 Å². The van der Waals surface area contributed by atoms with Crippen LogP contribution in [0.15, 0.2) is 23.6 Å². The summed E-state index contributed by atoms with van der Waals surface area (Å²) in [5.41, 5.74) is 4.03. The van der Waals surface area contributed by atoms with Gasteiger partial charge < -0.3 is 5.73 Å². The van der Waals surface area contributed by atoms with Gasteiger partial charge in [0, 0.05) is 6.04 Å². The molecule has 5 heteroatoms. The average Bonchev–Trinajstić information content (AvgIpc) is 1.92. The average molecular weight is 181 g/mol. The van der Waals surface area contributed by atoms with Gasteiger partial charge in [0.1, 0.15) is 5.83 Å². The highest BCUT2D eigenvalue weighted by atomic mass is 19.4. The zero-order chi connectivity index (χ0) is 9.35. The van der Waals surface area contributed by atoms with E-state index in [-0.39, 0.29) is 0 Å². The number of allylic oxidation sites excluding steroid dienone is 2. The largest absolute Gasteiger partial charge is 0.415 e. The normalized spacial score (nSPS) is 24.9. The van der Waals surface area contributed by atoms with Crippen molar-refractivity contribution in [2.45, 2.75) is 18.6 Å². The predicted octanol–water partition coefficient (Wildman–Crippen LogP) is 2.06. The lowest BCUT2D eigenvalue weighted by Gasteiger charge is -2.17. The molecule has 0 aromatic carbocycles. The molecule has 0 saturated carbocycles. The predicted molar refractivity (Wildman–Crippen MR) is 35.9 cm³/mol. The summed E-state index contributed by atoms with van der Waals surface area (Å²) in [5, 5.41) is 0. The maximum atomic E-state index is 12.5. The summed E-state index contributed by atoms with van der Waals surface area (Å²) in [5.74, 6) is -1.23. The fraction of sp³-hybridized carbons (Fsp3) is 0.429. The molecule has 0 fully saturated rings. The zero-order valence-corrected chi connectivity index (χ0v) is 6.03. The van der Waals surface area contributed by atoms with Crippen molar-refractivity contribution in [2.24, 2.45) is 5.73 Å². The maximum Gasteiger partial charge on any atom is 0.415 e. The van der Waals surface area contributed by atoms with E-state index in [1.54, 1.807) is 0 Å². The quantitative estimate of drug-likeness (QED) is 0.568. The van der Waals surface area contributed by atoms with Gasteiger partial charge in [-0.1, -0.05) is 6.08 Å². The van der Waals surface area contributed by atoms with E-state index in [9.17, 15) is 17.6 Å². The molecule has 0 amide bonds. The van der Waals surface area contributed by atoms with Crippen molar-refractivity contribution >= 4 is 0 Å². The van der Waals surface area contributed by atoms with Crippen LogP contribution in [-0.2, 0) is 0 Å². The Balaban J connectivity index is 2.94. The summed E-state index contributed by atoms with van der Waals surface area (Å²) >= 11 is 0. The smallest absolute Gasteiger partial charge is 0.324 e. The number of halogens is 4. The number of alkyl halides is 3. The summed E-state index contributed by atoms with van der Waals surface area (Å²) in [6, 6.07) is -0.735. The highest BCUT2D eigenvalue weighted by Gasteiger charge is 2.37. The monoisotopic (exact) mass is 181 g/mol. The second-order valence-electron chi connectivity index (χ2n) is 2.55. The van der Waals surface area contributed by atoms with Gasteiger partial charge in [-0.2, -0.15) is 13.2 Å². The first-order valence-electron chi connectivity index (χ1n) is 3.31. The molecule has 1 rings (SSSR count). The highest BCUT2D eigenvalue weighted by Crippen LogP contribution is 2.34. The zero-order valence-electron chi connectivity index (χ0n) is 6.03. The first kappa shape index (κ1) is 9.25. The van der Waals surface area contributed by atoms with Gasteiger partial charge in [-0.05, 0) is 12.5 Å². The van der Waals surface area contributed by atoms with Gasteiger partial charge in [-0.3, -0.25) is 0 Å². The molecule has 1 unspecified atom stereocenters. The molecular weight excluding hydrogens is 174 g/mol. The molecule has 2 N–H and O–H groups in total. The maximum absolute atomic E-state index is 12.5. The van der Waals surface area contributed by atoms with Crippen LogP contribution >= 0.6 is 0 Å². The van der Waals surface area contributed by atoms with E-state index in [1.165, 1.54) is 6.08 Å². The lowest BCUT2D eigenvalue weighted by molar-refractivity contribution is -0.0961. The first-order chi connectivity index (χ1) is 5.41. The standard InChI is InChI=1S/C7H7F4N/c8-6-2-1-4(12)3-5(6)7(9,10)11/h1-2,4H,3,12H2. The topological polar surface area (TPSA) is 26.0 Å². The van der Waals surface area contributed by atoms with E-state index >= 15 is 0 Å². The van der Waals surface area contributed by atoms with Crippen molar-refractivity contribution in [1.82, 2.24) is 0 Å². The minimum Gasteiger partial charge on any atom is -0.324 e. The summed E-state index contributed by atoms with van der Waals surface area (Å²) in [4.78, 5) is 0. The molecule has 1 aliphatic carbocycles. The van der Waals surface area contributed by atoms with Gasteiger partial charge in [0.2, 0.25) is 0 Å². The molecule has 1 nitrogen and oxygen atoms in total. The van der Waals surface area contributed by atoms with Gasteiger partial charge in [0.15, 0.2) is 0 Å². The Bertz CT molecular complexity index is 238. The van der Waals surface area contributed by atoms with E-state index in [2.05, 4.69) is 0 Å². The van der Waals surface area contributed by atoms with Crippen LogP contribution in [0.5, 0.6) is 0 Å². The van der Waals surface area contributed by atoms with E-state index < -0.39 is 30.0 Å². The lowest BCUT2D eigenvalue weighted by atomic mass is 10.0. The van der Waals surface area contributed by atoms with E-state index in [0.717, 1.165) is 6.08 Å². The fourth-order valence-electron chi connectivity index (χ4n) is 0.961. The molecule has 0 spiro atoms. The van der Waals surface area contributed by atoms with Gasteiger partial charge in [-0.15, -0.1) is 0 Å². The first-order valence-corrected chi connectivity index (χ1v) is 3.31. The third-order valence-corrected chi connectivity index (χ3v) is 1.56. The van der Waals surface area contributed by atoms with Crippen molar-refractivity contribution in [2.75, 3.05) is 0 Å². The Kier molecular flexibility index (Phi) is 2.23. The van der Waals surface area contributed by atoms with Gasteiger partial charge in [-0.25, -0.2) is 4.39 Å². The van der Waals surface area contributed by atoms with Crippen molar-refractivity contribution in [3.8, 4) is 0 Å². The van der Waals surface area contributed by atoms with Crippen LogP contribution in [0.25, 0.3) is 0 Å². The third kappa shape index (κ3) is 1.85. The summed E-state index contributed by atoms with van der Waals surface area (Å²) in [6.07, 6.45) is -3.11. The van der Waals surface area contributed by atoms with Crippen LogP contribution in [0.3, 0.4) is 0 Å². The van der Waals surface area contributed by atoms with Crippen LogP contribution in [0, 0.1) is 0 Å². The molecule has 12 heavy (non-hydrogen) atoms. The van der Waals surface area contributed by atoms with E-state index in [0.29, 0.717) is 0 Å². The Hall–Kier alpha value is -0.840. The Morgan fingerprint density at radius 1 is 1.42 bits per heavy atom. The summed E-state index contributed by atoms with van der Waals surface area (Å²) in [6.45, 7) is 0. The third-order valence-electron chi connectivity index (χ3n) is 1.56. The minimum absolute atomic E-state index is 0.480. The molecule has 0 aromatic heterocycles. The fourth-order valence-corrected chi connectivity index (χ4v) is 0.961. The van der Waals surface area contributed by atoms with E-state index in [4.69, 9.17) is 5.73 Å². The Morgan fingerprint density at radius 3 is 2.42 bits per heavy atom. The number of hydrogen-bond donors (Lipinski definition) is 1. The molecule has 0 aliphatic heterocycles. The van der Waals surface area contributed by atoms with Gasteiger partial charge in [0.05, 0.1) is 5.57 Å². The molecule has 0 bridgehead atoms. The Morgan fingerprint density at radius 2 is 2.00 bits per heavy atom. The number of hydrogen-bond acceptors (Lipinski definition) is 1. The summed E-state index contributed by atoms with van der Waals surface area (Å²) in [7, 11) is 0. The number of rotatable bonds is 0. The molecule has 1 atom stereocenters. The Labute approximate surface area is 66.5 Å². The van der Waals surface area contributed by atoms with Crippen LogP contribution in [0.1, 0.15) is 6.42 Å².